The molecule has 0 aliphatic rings. The van der Waals surface area contributed by atoms with Gasteiger partial charge in [0.1, 0.15) is 5.82 Å². The number of ether oxygens (including phenoxy) is 3. The summed E-state index contributed by atoms with van der Waals surface area (Å²) >= 11 is 3.19. The van der Waals surface area contributed by atoms with Gasteiger partial charge in [0.25, 0.3) is 0 Å². The molecule has 0 amide bonds. The molecule has 0 N–H and O–H groups in total. The Morgan fingerprint density at radius 3 is 2.65 bits per heavy atom. The van der Waals surface area contributed by atoms with Crippen molar-refractivity contribution in [2.24, 2.45) is 0 Å². The lowest BCUT2D eigenvalue weighted by Gasteiger charge is -2.08. The van der Waals surface area contributed by atoms with E-state index in [-0.39, 0.29) is 19.0 Å². The molecule has 0 spiro atoms. The second kappa shape index (κ2) is 6.68. The maximum absolute atomic E-state index is 13.5. The molecule has 0 saturated carbocycles. The van der Waals surface area contributed by atoms with Crippen molar-refractivity contribution in [2.45, 2.75) is 6.61 Å². The molecule has 0 aliphatic carbocycles. The van der Waals surface area contributed by atoms with E-state index in [1.165, 1.54) is 26.4 Å². The Morgan fingerprint density at radius 1 is 1.35 bits per heavy atom. The van der Waals surface area contributed by atoms with Crippen molar-refractivity contribution in [3.8, 4) is 0 Å². The standard InChI is InChI=1S/C11H12BrFO4/c1-15-5-7-3-8(10(13)4-9(7)12)11(14)17-6-16-2/h3-4H,5-6H2,1-2H3. The third kappa shape index (κ3) is 3.76. The van der Waals surface area contributed by atoms with E-state index in [0.717, 1.165) is 0 Å². The van der Waals surface area contributed by atoms with E-state index in [9.17, 15) is 9.18 Å². The van der Waals surface area contributed by atoms with E-state index in [4.69, 9.17) is 4.74 Å². The first-order valence-electron chi connectivity index (χ1n) is 4.73. The first kappa shape index (κ1) is 14.1. The average Bonchev–Trinajstić information content (AvgIpc) is 2.29. The van der Waals surface area contributed by atoms with Crippen LogP contribution in [-0.4, -0.2) is 27.0 Å². The van der Waals surface area contributed by atoms with Crippen LogP contribution in [0.2, 0.25) is 0 Å². The highest BCUT2D eigenvalue weighted by Gasteiger charge is 2.16. The predicted molar refractivity (Wildman–Crippen MR) is 62.1 cm³/mol. The van der Waals surface area contributed by atoms with Gasteiger partial charge in [-0.05, 0) is 17.7 Å². The second-order valence-electron chi connectivity index (χ2n) is 3.19. The van der Waals surface area contributed by atoms with Crippen LogP contribution in [0.15, 0.2) is 16.6 Å². The van der Waals surface area contributed by atoms with Crippen molar-refractivity contribution in [3.05, 3.63) is 33.5 Å². The fourth-order valence-electron chi connectivity index (χ4n) is 1.21. The van der Waals surface area contributed by atoms with Gasteiger partial charge in [-0.15, -0.1) is 0 Å². The monoisotopic (exact) mass is 306 g/mol. The lowest BCUT2D eigenvalue weighted by atomic mass is 10.1. The quantitative estimate of drug-likeness (QED) is 0.619. The van der Waals surface area contributed by atoms with Crippen molar-refractivity contribution in [1.29, 1.82) is 0 Å². The molecule has 0 radical (unpaired) electrons. The van der Waals surface area contributed by atoms with Gasteiger partial charge in [0.15, 0.2) is 6.79 Å². The average molecular weight is 307 g/mol. The predicted octanol–water partition coefficient (Wildman–Crippen LogP) is 2.50. The van der Waals surface area contributed by atoms with Crippen LogP contribution in [0.5, 0.6) is 0 Å². The van der Waals surface area contributed by atoms with Crippen LogP contribution in [0.25, 0.3) is 0 Å². The molecule has 0 fully saturated rings. The molecule has 0 aromatic heterocycles. The van der Waals surface area contributed by atoms with E-state index in [1.807, 2.05) is 0 Å². The fourth-order valence-corrected chi connectivity index (χ4v) is 1.64. The number of benzene rings is 1. The number of methoxy groups -OCH3 is 2. The molecular formula is C11H12BrFO4. The first-order chi connectivity index (χ1) is 8.10. The molecule has 6 heteroatoms. The molecular weight excluding hydrogens is 295 g/mol. The molecule has 0 heterocycles. The lowest BCUT2D eigenvalue weighted by Crippen LogP contribution is -2.10. The van der Waals surface area contributed by atoms with Gasteiger partial charge in [0.05, 0.1) is 12.2 Å². The van der Waals surface area contributed by atoms with Crippen molar-refractivity contribution in [1.82, 2.24) is 0 Å². The third-order valence-corrected chi connectivity index (χ3v) is 2.70. The summed E-state index contributed by atoms with van der Waals surface area (Å²) in [6, 6.07) is 2.60. The summed E-state index contributed by atoms with van der Waals surface area (Å²) in [5.41, 5.74) is 0.524. The van der Waals surface area contributed by atoms with Crippen LogP contribution < -0.4 is 0 Å². The number of hydrogen-bond acceptors (Lipinski definition) is 4. The molecule has 17 heavy (non-hydrogen) atoms. The van der Waals surface area contributed by atoms with Gasteiger partial charge < -0.3 is 14.2 Å². The smallest absolute Gasteiger partial charge is 0.343 e. The summed E-state index contributed by atoms with van der Waals surface area (Å²) in [7, 11) is 2.89. The SMILES string of the molecule is COCOC(=O)c1cc(COC)c(Br)cc1F. The first-order valence-corrected chi connectivity index (χ1v) is 5.52. The molecule has 0 aliphatic heterocycles. The Morgan fingerprint density at radius 2 is 2.06 bits per heavy atom. The van der Waals surface area contributed by atoms with Gasteiger partial charge in [-0.25, -0.2) is 9.18 Å². The van der Waals surface area contributed by atoms with Gasteiger partial charge in [-0.1, -0.05) is 15.9 Å². The molecule has 4 nitrogen and oxygen atoms in total. The summed E-state index contributed by atoms with van der Waals surface area (Å²) in [6.07, 6.45) is 0. The number of rotatable bonds is 5. The minimum absolute atomic E-state index is 0.141. The lowest BCUT2D eigenvalue weighted by molar-refractivity contribution is -0.0128. The zero-order chi connectivity index (χ0) is 12.8. The van der Waals surface area contributed by atoms with Crippen LogP contribution in [0.1, 0.15) is 15.9 Å². The van der Waals surface area contributed by atoms with Crippen LogP contribution >= 0.6 is 15.9 Å². The highest BCUT2D eigenvalue weighted by Crippen LogP contribution is 2.22. The van der Waals surface area contributed by atoms with Crippen molar-refractivity contribution in [3.63, 3.8) is 0 Å². The largest absolute Gasteiger partial charge is 0.435 e. The van der Waals surface area contributed by atoms with Gasteiger partial charge >= 0.3 is 5.97 Å². The number of carbonyl (C=O) groups is 1. The maximum atomic E-state index is 13.5. The molecule has 1 aromatic carbocycles. The molecule has 0 atom stereocenters. The minimum Gasteiger partial charge on any atom is -0.435 e. The van der Waals surface area contributed by atoms with Crippen LogP contribution in [-0.2, 0) is 20.8 Å². The van der Waals surface area contributed by atoms with Gasteiger partial charge in [0.2, 0.25) is 0 Å². The molecule has 1 rings (SSSR count). The Labute approximate surface area is 107 Å². The molecule has 0 saturated heterocycles. The van der Waals surface area contributed by atoms with E-state index in [1.54, 1.807) is 0 Å². The molecule has 0 bridgehead atoms. The van der Waals surface area contributed by atoms with Crippen LogP contribution in [0, 0.1) is 5.82 Å². The van der Waals surface area contributed by atoms with Crippen molar-refractivity contribution in [2.75, 3.05) is 21.0 Å². The number of hydrogen-bond donors (Lipinski definition) is 0. The van der Waals surface area contributed by atoms with E-state index in [0.29, 0.717) is 10.0 Å². The second-order valence-corrected chi connectivity index (χ2v) is 4.05. The summed E-state index contributed by atoms with van der Waals surface area (Å²) < 4.78 is 28.3. The Balaban J connectivity index is 2.98. The minimum atomic E-state index is -0.769. The fraction of sp³-hybridized carbons (Fsp3) is 0.364. The molecule has 94 valence electrons. The molecule has 1 aromatic rings. The third-order valence-electron chi connectivity index (χ3n) is 1.96. The number of carbonyl (C=O) groups excluding carboxylic acids is 1. The zero-order valence-electron chi connectivity index (χ0n) is 9.46. The maximum Gasteiger partial charge on any atom is 0.343 e. The zero-order valence-corrected chi connectivity index (χ0v) is 11.0. The van der Waals surface area contributed by atoms with Gasteiger partial charge in [0, 0.05) is 18.7 Å². The van der Waals surface area contributed by atoms with Crippen LogP contribution in [0.4, 0.5) is 4.39 Å². The normalized spacial score (nSPS) is 10.4. The summed E-state index contributed by atoms with van der Waals surface area (Å²) in [6.45, 7) is 0.0549. The van der Waals surface area contributed by atoms with Crippen molar-refractivity contribution < 1.29 is 23.4 Å². The topological polar surface area (TPSA) is 44.8 Å². The van der Waals surface area contributed by atoms with Crippen molar-refractivity contribution >= 4 is 21.9 Å². The number of esters is 1. The van der Waals surface area contributed by atoms with Crippen LogP contribution in [0.3, 0.4) is 0 Å². The van der Waals surface area contributed by atoms with Gasteiger partial charge in [-0.3, -0.25) is 0 Å². The van der Waals surface area contributed by atoms with E-state index >= 15 is 0 Å². The molecule has 0 unspecified atom stereocenters. The highest BCUT2D eigenvalue weighted by atomic mass is 79.9. The number of halogens is 2. The Bertz CT molecular complexity index is 409. The highest BCUT2D eigenvalue weighted by molar-refractivity contribution is 9.10. The Hall–Kier alpha value is -0.980. The Kier molecular flexibility index (Phi) is 5.54. The van der Waals surface area contributed by atoms with Gasteiger partial charge in [-0.2, -0.15) is 0 Å². The summed E-state index contributed by atoms with van der Waals surface area (Å²) in [4.78, 5) is 11.5. The van der Waals surface area contributed by atoms with E-state index < -0.39 is 11.8 Å². The van der Waals surface area contributed by atoms with E-state index in [2.05, 4.69) is 25.4 Å². The summed E-state index contributed by atoms with van der Waals surface area (Å²) in [5.74, 6) is -1.42. The summed E-state index contributed by atoms with van der Waals surface area (Å²) in [5, 5.41) is 0.